The number of nitrogens with zero attached hydrogens (tertiary/aromatic N) is 1. The van der Waals surface area contributed by atoms with Crippen molar-refractivity contribution in [1.29, 1.82) is 0 Å². The van der Waals surface area contributed by atoms with Gasteiger partial charge in [0.2, 0.25) is 0 Å². The lowest BCUT2D eigenvalue weighted by Gasteiger charge is -2.13. The number of ether oxygens (including phenoxy) is 1. The topological polar surface area (TPSA) is 47.9 Å². The number of carbonyl (C=O) groups excluding carboxylic acids is 1. The van der Waals surface area contributed by atoms with E-state index < -0.39 is 5.24 Å². The van der Waals surface area contributed by atoms with Gasteiger partial charge in [-0.3, -0.25) is 4.79 Å². The normalized spacial score (nSPS) is 11.2. The molecule has 2 aromatic rings. The number of aryl methyl sites for hydroxylation is 1. The Morgan fingerprint density at radius 2 is 1.75 bits per heavy atom. The summed E-state index contributed by atoms with van der Waals surface area (Å²) in [6, 6.07) is 15.3. The second-order valence-electron chi connectivity index (χ2n) is 5.20. The maximum absolute atomic E-state index is 11.6. The molecule has 0 heterocycles. The predicted molar refractivity (Wildman–Crippen MR) is 95.6 cm³/mol. The van der Waals surface area contributed by atoms with Crippen molar-refractivity contribution >= 4 is 22.6 Å². The number of para-hydroxylation sites is 1. The molecule has 0 saturated carbocycles. The molecule has 5 heteroatoms. The SMILES string of the molecule is CCCc1ccccc1OCc1ccccc1C(=NOC)C(=O)Cl. The number of rotatable bonds is 8. The largest absolute Gasteiger partial charge is 0.489 e. The van der Waals surface area contributed by atoms with Crippen molar-refractivity contribution in [3.63, 3.8) is 0 Å². The van der Waals surface area contributed by atoms with Crippen LogP contribution in [0.1, 0.15) is 30.0 Å². The monoisotopic (exact) mass is 345 g/mol. The van der Waals surface area contributed by atoms with Crippen LogP contribution in [0.25, 0.3) is 0 Å². The lowest BCUT2D eigenvalue weighted by atomic mass is 10.0. The minimum atomic E-state index is -0.671. The van der Waals surface area contributed by atoms with Crippen molar-refractivity contribution in [2.45, 2.75) is 26.4 Å². The van der Waals surface area contributed by atoms with Crippen molar-refractivity contribution in [2.24, 2.45) is 5.16 Å². The van der Waals surface area contributed by atoms with Crippen LogP contribution in [0.15, 0.2) is 53.7 Å². The van der Waals surface area contributed by atoms with Crippen LogP contribution >= 0.6 is 11.6 Å². The molecule has 2 rings (SSSR count). The standard InChI is InChI=1S/C19H20ClNO3/c1-3-8-14-9-5-7-12-17(14)24-13-15-10-4-6-11-16(15)18(19(20)22)21-23-2/h4-7,9-12H,3,8,13H2,1-2H3. The summed E-state index contributed by atoms with van der Waals surface area (Å²) in [6.07, 6.45) is 2.00. The molecule has 0 radical (unpaired) electrons. The summed E-state index contributed by atoms with van der Waals surface area (Å²) >= 11 is 5.62. The van der Waals surface area contributed by atoms with Crippen molar-refractivity contribution in [1.82, 2.24) is 0 Å². The van der Waals surface area contributed by atoms with E-state index in [9.17, 15) is 4.79 Å². The number of benzene rings is 2. The van der Waals surface area contributed by atoms with Gasteiger partial charge in [0.1, 0.15) is 19.5 Å². The number of oxime groups is 1. The van der Waals surface area contributed by atoms with E-state index in [1.165, 1.54) is 7.11 Å². The van der Waals surface area contributed by atoms with E-state index in [1.807, 2.05) is 36.4 Å². The van der Waals surface area contributed by atoms with Gasteiger partial charge in [-0.15, -0.1) is 0 Å². The summed E-state index contributed by atoms with van der Waals surface area (Å²) in [5.74, 6) is 0.844. The Labute approximate surface area is 147 Å². The summed E-state index contributed by atoms with van der Waals surface area (Å²) in [5.41, 5.74) is 2.65. The second-order valence-corrected chi connectivity index (χ2v) is 5.54. The highest BCUT2D eigenvalue weighted by Crippen LogP contribution is 2.22. The fourth-order valence-corrected chi connectivity index (χ4v) is 2.57. The molecule has 0 N–H and O–H groups in total. The molecule has 2 aromatic carbocycles. The van der Waals surface area contributed by atoms with Crippen LogP contribution in [-0.4, -0.2) is 18.1 Å². The molecule has 0 saturated heterocycles. The second kappa shape index (κ2) is 9.08. The smallest absolute Gasteiger partial charge is 0.274 e. The molecular formula is C19H20ClNO3. The first-order chi connectivity index (χ1) is 11.7. The molecule has 0 atom stereocenters. The highest BCUT2D eigenvalue weighted by molar-refractivity contribution is 6.84. The fourth-order valence-electron chi connectivity index (χ4n) is 2.44. The van der Waals surface area contributed by atoms with Crippen LogP contribution in [0.4, 0.5) is 0 Å². The third-order valence-corrected chi connectivity index (χ3v) is 3.70. The summed E-state index contributed by atoms with van der Waals surface area (Å²) in [5, 5.41) is 3.07. The van der Waals surface area contributed by atoms with Crippen molar-refractivity contribution in [2.75, 3.05) is 7.11 Å². The third kappa shape index (κ3) is 4.59. The third-order valence-electron chi connectivity index (χ3n) is 3.52. The van der Waals surface area contributed by atoms with Crippen LogP contribution in [0.5, 0.6) is 5.75 Å². The minimum absolute atomic E-state index is 0.0696. The molecule has 0 fully saturated rings. The number of halogens is 1. The summed E-state index contributed by atoms with van der Waals surface area (Å²) < 4.78 is 5.97. The molecular weight excluding hydrogens is 326 g/mol. The van der Waals surface area contributed by atoms with E-state index in [-0.39, 0.29) is 5.71 Å². The Balaban J connectivity index is 2.26. The van der Waals surface area contributed by atoms with Gasteiger partial charge in [0.25, 0.3) is 5.24 Å². The Morgan fingerprint density at radius 3 is 2.42 bits per heavy atom. The number of hydrogen-bond donors (Lipinski definition) is 0. The lowest BCUT2D eigenvalue weighted by Crippen LogP contribution is -2.14. The molecule has 0 aliphatic rings. The maximum atomic E-state index is 11.6. The van der Waals surface area contributed by atoms with E-state index in [1.54, 1.807) is 6.07 Å². The first kappa shape index (κ1) is 18.0. The van der Waals surface area contributed by atoms with Crippen molar-refractivity contribution < 1.29 is 14.4 Å². The van der Waals surface area contributed by atoms with E-state index in [4.69, 9.17) is 21.2 Å². The average molecular weight is 346 g/mol. The van der Waals surface area contributed by atoms with Gasteiger partial charge in [0.15, 0.2) is 5.71 Å². The summed E-state index contributed by atoms with van der Waals surface area (Å²) in [6.45, 7) is 2.44. The molecule has 4 nitrogen and oxygen atoms in total. The molecule has 0 aromatic heterocycles. The van der Waals surface area contributed by atoms with Gasteiger partial charge in [-0.25, -0.2) is 0 Å². The van der Waals surface area contributed by atoms with Gasteiger partial charge in [0.05, 0.1) is 0 Å². The van der Waals surface area contributed by atoms with Crippen LogP contribution < -0.4 is 4.74 Å². The lowest BCUT2D eigenvalue weighted by molar-refractivity contribution is -0.106. The quantitative estimate of drug-likeness (QED) is 0.406. The average Bonchev–Trinajstić information content (AvgIpc) is 2.59. The minimum Gasteiger partial charge on any atom is -0.489 e. The molecule has 0 unspecified atom stereocenters. The zero-order valence-electron chi connectivity index (χ0n) is 13.8. The zero-order chi connectivity index (χ0) is 17.4. The van der Waals surface area contributed by atoms with Crippen molar-refractivity contribution in [3.05, 3.63) is 65.2 Å². The van der Waals surface area contributed by atoms with Crippen LogP contribution in [0.2, 0.25) is 0 Å². The molecule has 0 spiro atoms. The first-order valence-corrected chi connectivity index (χ1v) is 8.15. The van der Waals surface area contributed by atoms with E-state index in [2.05, 4.69) is 18.1 Å². The Morgan fingerprint density at radius 1 is 1.08 bits per heavy atom. The molecule has 0 amide bonds. The van der Waals surface area contributed by atoms with E-state index in [0.717, 1.165) is 29.7 Å². The Hall–Kier alpha value is -2.33. The molecule has 126 valence electrons. The van der Waals surface area contributed by atoms with Gasteiger partial charge in [0, 0.05) is 5.56 Å². The highest BCUT2D eigenvalue weighted by Gasteiger charge is 2.17. The van der Waals surface area contributed by atoms with Gasteiger partial charge < -0.3 is 9.57 Å². The Kier molecular flexibility index (Phi) is 6.82. The molecule has 0 aliphatic heterocycles. The maximum Gasteiger partial charge on any atom is 0.274 e. The Bertz CT molecular complexity index is 728. The van der Waals surface area contributed by atoms with Gasteiger partial charge >= 0.3 is 0 Å². The first-order valence-electron chi connectivity index (χ1n) is 7.77. The van der Waals surface area contributed by atoms with Gasteiger partial charge in [-0.2, -0.15) is 0 Å². The summed E-state index contributed by atoms with van der Waals surface area (Å²) in [4.78, 5) is 16.3. The van der Waals surface area contributed by atoms with Crippen LogP contribution in [0.3, 0.4) is 0 Å². The molecule has 0 bridgehead atoms. The highest BCUT2D eigenvalue weighted by atomic mass is 35.5. The molecule has 24 heavy (non-hydrogen) atoms. The van der Waals surface area contributed by atoms with E-state index >= 15 is 0 Å². The fraction of sp³-hybridized carbons (Fsp3) is 0.263. The summed E-state index contributed by atoms with van der Waals surface area (Å²) in [7, 11) is 1.37. The van der Waals surface area contributed by atoms with E-state index in [0.29, 0.717) is 12.2 Å². The van der Waals surface area contributed by atoms with Crippen molar-refractivity contribution in [3.8, 4) is 5.75 Å². The van der Waals surface area contributed by atoms with Gasteiger partial charge in [-0.05, 0) is 35.2 Å². The predicted octanol–water partition coefficient (Wildman–Crippen LogP) is 4.33. The molecule has 0 aliphatic carbocycles. The number of hydrogen-bond acceptors (Lipinski definition) is 4. The zero-order valence-corrected chi connectivity index (χ0v) is 14.5. The van der Waals surface area contributed by atoms with Crippen LogP contribution in [0, 0.1) is 0 Å². The number of carbonyl (C=O) groups is 1. The van der Waals surface area contributed by atoms with Gasteiger partial charge in [-0.1, -0.05) is 61.0 Å². The van der Waals surface area contributed by atoms with Crippen LogP contribution in [-0.2, 0) is 22.7 Å².